The fourth-order valence-electron chi connectivity index (χ4n) is 4.73. The van der Waals surface area contributed by atoms with Crippen LogP contribution in [0, 0.1) is 17.8 Å². The molecule has 0 spiro atoms. The highest BCUT2D eigenvalue weighted by molar-refractivity contribution is 7.09. The number of esters is 1. The van der Waals surface area contributed by atoms with Crippen LogP contribution < -0.4 is 11.1 Å². The predicted octanol–water partition coefficient (Wildman–Crippen LogP) is 5.09. The number of carboxylic acid groups (broad SMARTS) is 1. The summed E-state index contributed by atoms with van der Waals surface area (Å²) in [6.07, 6.45) is 1.59. The number of nitrogen functional groups attached to an aromatic ring is 1. The Kier molecular flexibility index (Phi) is 13.4. The van der Waals surface area contributed by atoms with Crippen LogP contribution in [-0.4, -0.2) is 57.9 Å². The standard InChI is InChI=1S/C31H46N4O6S/c1-8-19(4)13-28(37)35(7)26(18(2)3)16-27(41-21(6)36)30-34-25(17-42-30)29(38)33-24(14-20(5)31(39)40)15-22-9-11-23(32)12-10-22/h9-12,17-20,24,26-27H,8,13-16,32H2,1-7H3,(H,33,38)(H,39,40)/t19-,20-,24+,26+,27+/m0/s1. The molecule has 2 amide bonds. The smallest absolute Gasteiger partial charge is 0.306 e. The molecule has 0 aliphatic carbocycles. The molecule has 232 valence electrons. The van der Waals surface area contributed by atoms with Crippen molar-refractivity contribution in [2.24, 2.45) is 17.8 Å². The lowest BCUT2D eigenvalue weighted by Gasteiger charge is -2.34. The zero-order chi connectivity index (χ0) is 31.6. The van der Waals surface area contributed by atoms with Crippen LogP contribution in [0.15, 0.2) is 29.6 Å². The van der Waals surface area contributed by atoms with Crippen molar-refractivity contribution in [2.45, 2.75) is 91.8 Å². The molecule has 2 aromatic rings. The molecule has 10 nitrogen and oxygen atoms in total. The molecular weight excluding hydrogens is 556 g/mol. The number of carbonyl (C=O) groups is 4. The number of aromatic nitrogens is 1. The molecular formula is C31H46N4O6S. The van der Waals surface area contributed by atoms with E-state index in [2.05, 4.69) is 17.2 Å². The number of thiazole rings is 1. The van der Waals surface area contributed by atoms with Crippen LogP contribution in [0.4, 0.5) is 5.69 Å². The second-order valence-corrected chi connectivity index (χ2v) is 12.4. The molecule has 0 unspecified atom stereocenters. The normalized spacial score (nSPS) is 14.9. The SMILES string of the molecule is CC[C@H](C)CC(=O)N(C)[C@H](C[C@@H](OC(C)=O)c1nc(C(=O)N[C@@H](Cc2ccc(N)cc2)C[C@H](C)C(=O)O)cs1)C(C)C. The quantitative estimate of drug-likeness (QED) is 0.177. The van der Waals surface area contributed by atoms with Crippen LogP contribution in [0.5, 0.6) is 0 Å². The number of nitrogens with one attached hydrogen (secondary N) is 1. The highest BCUT2D eigenvalue weighted by Gasteiger charge is 2.31. The molecule has 42 heavy (non-hydrogen) atoms. The van der Waals surface area contributed by atoms with E-state index in [1.54, 1.807) is 36.4 Å². The molecule has 1 aromatic heterocycles. The van der Waals surface area contributed by atoms with E-state index in [0.717, 1.165) is 12.0 Å². The van der Waals surface area contributed by atoms with E-state index in [0.29, 0.717) is 30.0 Å². The van der Waals surface area contributed by atoms with Gasteiger partial charge in [-0.1, -0.05) is 53.2 Å². The Balaban J connectivity index is 2.25. The highest BCUT2D eigenvalue weighted by Crippen LogP contribution is 2.31. The van der Waals surface area contributed by atoms with Crippen LogP contribution in [0.2, 0.25) is 0 Å². The number of ether oxygens (including phenoxy) is 1. The molecule has 0 aliphatic rings. The molecule has 1 aromatic carbocycles. The van der Waals surface area contributed by atoms with Gasteiger partial charge in [0.15, 0.2) is 6.10 Å². The van der Waals surface area contributed by atoms with E-state index >= 15 is 0 Å². The van der Waals surface area contributed by atoms with Gasteiger partial charge in [-0.2, -0.15) is 0 Å². The lowest BCUT2D eigenvalue weighted by molar-refractivity contribution is -0.148. The van der Waals surface area contributed by atoms with Gasteiger partial charge in [0.25, 0.3) is 5.91 Å². The van der Waals surface area contributed by atoms with Crippen molar-refractivity contribution in [2.75, 3.05) is 12.8 Å². The summed E-state index contributed by atoms with van der Waals surface area (Å²) in [5.74, 6) is -2.16. The Morgan fingerprint density at radius 3 is 2.29 bits per heavy atom. The average Bonchev–Trinajstić information content (AvgIpc) is 3.41. The zero-order valence-electron chi connectivity index (χ0n) is 25.8. The minimum absolute atomic E-state index is 0.0339. The van der Waals surface area contributed by atoms with Gasteiger partial charge in [-0.25, -0.2) is 4.98 Å². The third-order valence-corrected chi connectivity index (χ3v) is 8.47. The summed E-state index contributed by atoms with van der Waals surface area (Å²) < 4.78 is 5.65. The number of benzene rings is 1. The van der Waals surface area contributed by atoms with Crippen molar-refractivity contribution < 1.29 is 29.0 Å². The first kappa shape index (κ1) is 34.7. The van der Waals surface area contributed by atoms with Gasteiger partial charge in [0, 0.05) is 50.0 Å². The second kappa shape index (κ2) is 16.2. The van der Waals surface area contributed by atoms with Crippen LogP contribution in [0.1, 0.15) is 94.4 Å². The maximum Gasteiger partial charge on any atom is 0.306 e. The van der Waals surface area contributed by atoms with Crippen molar-refractivity contribution in [3.8, 4) is 0 Å². The van der Waals surface area contributed by atoms with Crippen molar-refractivity contribution in [3.63, 3.8) is 0 Å². The minimum atomic E-state index is -0.945. The number of nitrogens with two attached hydrogens (primary N) is 1. The summed E-state index contributed by atoms with van der Waals surface area (Å²) in [6.45, 7) is 11.1. The number of nitrogens with zero attached hydrogens (tertiary/aromatic N) is 2. The van der Waals surface area contributed by atoms with Crippen LogP contribution in [0.3, 0.4) is 0 Å². The van der Waals surface area contributed by atoms with E-state index in [9.17, 15) is 24.3 Å². The Bertz CT molecular complexity index is 1200. The second-order valence-electron chi connectivity index (χ2n) is 11.5. The van der Waals surface area contributed by atoms with E-state index in [4.69, 9.17) is 10.5 Å². The van der Waals surface area contributed by atoms with Crippen LogP contribution >= 0.6 is 11.3 Å². The van der Waals surface area contributed by atoms with E-state index in [-0.39, 0.29) is 35.9 Å². The topological polar surface area (TPSA) is 152 Å². The maximum atomic E-state index is 13.3. The lowest BCUT2D eigenvalue weighted by Crippen LogP contribution is -2.42. The van der Waals surface area contributed by atoms with Gasteiger partial charge < -0.3 is 25.8 Å². The fraction of sp³-hybridized carbons (Fsp3) is 0.581. The average molecular weight is 603 g/mol. The van der Waals surface area contributed by atoms with Crippen molar-refractivity contribution in [1.29, 1.82) is 0 Å². The number of hydrogen-bond acceptors (Lipinski definition) is 8. The summed E-state index contributed by atoms with van der Waals surface area (Å²) >= 11 is 1.21. The summed E-state index contributed by atoms with van der Waals surface area (Å²) in [5.41, 5.74) is 7.46. The van der Waals surface area contributed by atoms with Gasteiger partial charge in [-0.05, 0) is 42.4 Å². The third-order valence-electron chi connectivity index (χ3n) is 7.53. The molecule has 4 N–H and O–H groups in total. The number of anilines is 1. The highest BCUT2D eigenvalue weighted by atomic mass is 32.1. The minimum Gasteiger partial charge on any atom is -0.481 e. The van der Waals surface area contributed by atoms with Crippen LogP contribution in [-0.2, 0) is 25.5 Å². The third kappa shape index (κ3) is 10.7. The lowest BCUT2D eigenvalue weighted by atomic mass is 9.95. The zero-order valence-corrected chi connectivity index (χ0v) is 26.6. The number of carboxylic acids is 1. The van der Waals surface area contributed by atoms with Crippen molar-refractivity contribution in [3.05, 3.63) is 45.9 Å². The number of amides is 2. The monoisotopic (exact) mass is 602 g/mol. The molecule has 0 saturated heterocycles. The fourth-order valence-corrected chi connectivity index (χ4v) is 5.57. The number of carbonyl (C=O) groups excluding carboxylic acids is 3. The first-order chi connectivity index (χ1) is 19.7. The van der Waals surface area contributed by atoms with Gasteiger partial charge >= 0.3 is 11.9 Å². The largest absolute Gasteiger partial charge is 0.481 e. The molecule has 5 atom stereocenters. The number of rotatable bonds is 16. The van der Waals surface area contributed by atoms with Gasteiger partial charge in [-0.15, -0.1) is 11.3 Å². The summed E-state index contributed by atoms with van der Waals surface area (Å²) in [5, 5.41) is 14.5. The number of hydrogen-bond donors (Lipinski definition) is 3. The maximum absolute atomic E-state index is 13.3. The Morgan fingerprint density at radius 2 is 1.74 bits per heavy atom. The summed E-state index contributed by atoms with van der Waals surface area (Å²) in [7, 11) is 1.78. The van der Waals surface area contributed by atoms with Gasteiger partial charge in [0.05, 0.1) is 5.92 Å². The van der Waals surface area contributed by atoms with Gasteiger partial charge in [-0.3, -0.25) is 19.2 Å². The van der Waals surface area contributed by atoms with Crippen molar-refractivity contribution in [1.82, 2.24) is 15.2 Å². The predicted molar refractivity (Wildman–Crippen MR) is 164 cm³/mol. The molecule has 2 rings (SSSR count). The first-order valence-corrected chi connectivity index (χ1v) is 15.4. The Morgan fingerprint density at radius 1 is 1.10 bits per heavy atom. The molecule has 0 saturated carbocycles. The number of aliphatic carboxylic acids is 1. The first-order valence-electron chi connectivity index (χ1n) is 14.5. The van der Waals surface area contributed by atoms with E-state index in [1.165, 1.54) is 18.3 Å². The van der Waals surface area contributed by atoms with E-state index < -0.39 is 35.9 Å². The van der Waals surface area contributed by atoms with Crippen molar-refractivity contribution >= 4 is 40.8 Å². The van der Waals surface area contributed by atoms with Gasteiger partial charge in [0.2, 0.25) is 5.91 Å². The summed E-state index contributed by atoms with van der Waals surface area (Å²) in [6, 6.07) is 6.54. The Hall–Kier alpha value is -3.47. The molecule has 0 bridgehead atoms. The molecule has 0 aliphatic heterocycles. The van der Waals surface area contributed by atoms with Gasteiger partial charge in [0.1, 0.15) is 10.7 Å². The molecule has 1 heterocycles. The van der Waals surface area contributed by atoms with Crippen LogP contribution in [0.25, 0.3) is 0 Å². The molecule has 11 heteroatoms. The molecule has 0 radical (unpaired) electrons. The van der Waals surface area contributed by atoms with E-state index in [1.807, 2.05) is 32.9 Å². The molecule has 0 fully saturated rings. The summed E-state index contributed by atoms with van der Waals surface area (Å²) in [4.78, 5) is 56.1. The Labute approximate surface area is 253 Å².